The molecule has 1 N–H and O–H groups in total. The average molecular weight is 373 g/mol. The van der Waals surface area contributed by atoms with Gasteiger partial charge >= 0.3 is 5.97 Å². The standard InChI is InChI=1S/C20H27N3O4/c1-6-20(19(26)27-7-2)15-14(17(24)23(5)18(15)25)16(21-20)12-8-10-13(11-9-12)22(3)4/h8-11,14-16,21H,6-7H2,1-5H3/t14-,15-,16+,20+/m0/s1. The summed E-state index contributed by atoms with van der Waals surface area (Å²) < 4.78 is 5.29. The second kappa shape index (κ2) is 6.96. The molecule has 7 nitrogen and oxygen atoms in total. The summed E-state index contributed by atoms with van der Waals surface area (Å²) in [5.41, 5.74) is 0.723. The Labute approximate surface area is 159 Å². The lowest BCUT2D eigenvalue weighted by atomic mass is 9.78. The van der Waals surface area contributed by atoms with Crippen LogP contribution in [0.2, 0.25) is 0 Å². The Bertz CT molecular complexity index is 761. The van der Waals surface area contributed by atoms with Crippen molar-refractivity contribution in [3.05, 3.63) is 29.8 Å². The molecule has 3 rings (SSSR count). The van der Waals surface area contributed by atoms with Gasteiger partial charge in [-0.1, -0.05) is 19.1 Å². The van der Waals surface area contributed by atoms with Gasteiger partial charge in [0, 0.05) is 32.9 Å². The fraction of sp³-hybridized carbons (Fsp3) is 0.550. The van der Waals surface area contributed by atoms with Crippen LogP contribution in [0, 0.1) is 11.8 Å². The van der Waals surface area contributed by atoms with E-state index in [2.05, 4.69) is 5.32 Å². The van der Waals surface area contributed by atoms with Gasteiger partial charge in [-0.2, -0.15) is 0 Å². The number of carbonyl (C=O) groups is 3. The highest BCUT2D eigenvalue weighted by Gasteiger charge is 2.67. The second-order valence-corrected chi connectivity index (χ2v) is 7.39. The normalized spacial score (nSPS) is 29.8. The van der Waals surface area contributed by atoms with Gasteiger partial charge in [0.05, 0.1) is 18.4 Å². The van der Waals surface area contributed by atoms with E-state index in [0.717, 1.165) is 16.2 Å². The number of nitrogens with one attached hydrogen (secondary N) is 1. The van der Waals surface area contributed by atoms with E-state index in [-0.39, 0.29) is 18.4 Å². The average Bonchev–Trinajstić information content (AvgIpc) is 3.12. The van der Waals surface area contributed by atoms with Crippen LogP contribution in [0.15, 0.2) is 24.3 Å². The first-order chi connectivity index (χ1) is 12.8. The Morgan fingerprint density at radius 2 is 1.81 bits per heavy atom. The lowest BCUT2D eigenvalue weighted by Gasteiger charge is -2.31. The van der Waals surface area contributed by atoms with Crippen LogP contribution in [-0.2, 0) is 19.1 Å². The number of imide groups is 1. The topological polar surface area (TPSA) is 79.0 Å². The predicted octanol–water partition coefficient (Wildman–Crippen LogP) is 1.34. The Balaban J connectivity index is 2.06. The van der Waals surface area contributed by atoms with Gasteiger partial charge in [-0.15, -0.1) is 0 Å². The van der Waals surface area contributed by atoms with Crippen LogP contribution >= 0.6 is 0 Å². The molecule has 0 unspecified atom stereocenters. The molecule has 0 bridgehead atoms. The molecule has 1 aromatic carbocycles. The summed E-state index contributed by atoms with van der Waals surface area (Å²) in [6, 6.07) is 7.39. The molecule has 27 heavy (non-hydrogen) atoms. The second-order valence-electron chi connectivity index (χ2n) is 7.39. The third-order valence-corrected chi connectivity index (χ3v) is 5.84. The molecule has 0 saturated carbocycles. The molecule has 2 amide bonds. The van der Waals surface area contributed by atoms with Gasteiger partial charge in [0.2, 0.25) is 11.8 Å². The summed E-state index contributed by atoms with van der Waals surface area (Å²) in [6.07, 6.45) is 0.367. The fourth-order valence-corrected chi connectivity index (χ4v) is 4.33. The number of esters is 1. The number of nitrogens with zero attached hydrogens (tertiary/aromatic N) is 2. The summed E-state index contributed by atoms with van der Waals surface area (Å²) in [4.78, 5) is 41.7. The van der Waals surface area contributed by atoms with E-state index in [1.54, 1.807) is 6.92 Å². The smallest absolute Gasteiger partial charge is 0.327 e. The van der Waals surface area contributed by atoms with E-state index in [9.17, 15) is 14.4 Å². The van der Waals surface area contributed by atoms with Crippen LogP contribution in [0.3, 0.4) is 0 Å². The van der Waals surface area contributed by atoms with Gasteiger partial charge in [0.25, 0.3) is 0 Å². The molecule has 2 aliphatic heterocycles. The zero-order valence-electron chi connectivity index (χ0n) is 16.5. The molecule has 0 aliphatic carbocycles. The van der Waals surface area contributed by atoms with Crippen molar-refractivity contribution >= 4 is 23.5 Å². The Morgan fingerprint density at radius 1 is 1.19 bits per heavy atom. The molecule has 146 valence electrons. The maximum Gasteiger partial charge on any atom is 0.327 e. The number of rotatable bonds is 5. The van der Waals surface area contributed by atoms with E-state index in [4.69, 9.17) is 4.74 Å². The van der Waals surface area contributed by atoms with Gasteiger partial charge in [-0.05, 0) is 31.0 Å². The highest BCUT2D eigenvalue weighted by atomic mass is 16.5. The monoisotopic (exact) mass is 373 g/mol. The first-order valence-electron chi connectivity index (χ1n) is 9.32. The molecule has 0 aromatic heterocycles. The Hall–Kier alpha value is -2.41. The first-order valence-corrected chi connectivity index (χ1v) is 9.32. The summed E-state index contributed by atoms with van der Waals surface area (Å²) >= 11 is 0. The van der Waals surface area contributed by atoms with Crippen LogP contribution in [-0.4, -0.2) is 56.0 Å². The number of fused-ring (bicyclic) bond motifs is 1. The number of hydrogen-bond donors (Lipinski definition) is 1. The molecule has 7 heteroatoms. The lowest BCUT2D eigenvalue weighted by Crippen LogP contribution is -2.55. The number of ether oxygens (including phenoxy) is 1. The van der Waals surface area contributed by atoms with E-state index < -0.39 is 29.4 Å². The van der Waals surface area contributed by atoms with Gasteiger partial charge in [-0.25, -0.2) is 0 Å². The van der Waals surface area contributed by atoms with Crippen molar-refractivity contribution in [2.45, 2.75) is 31.8 Å². The summed E-state index contributed by atoms with van der Waals surface area (Å²) in [5, 5.41) is 3.33. The molecule has 2 heterocycles. The van der Waals surface area contributed by atoms with Crippen molar-refractivity contribution in [3.8, 4) is 0 Å². The minimum Gasteiger partial charge on any atom is -0.465 e. The van der Waals surface area contributed by atoms with E-state index in [0.29, 0.717) is 6.42 Å². The minimum absolute atomic E-state index is 0.222. The quantitative estimate of drug-likeness (QED) is 0.620. The summed E-state index contributed by atoms with van der Waals surface area (Å²) in [7, 11) is 5.40. The predicted molar refractivity (Wildman–Crippen MR) is 101 cm³/mol. The molecular weight excluding hydrogens is 346 g/mol. The van der Waals surface area contributed by atoms with Crippen LogP contribution < -0.4 is 10.2 Å². The molecule has 0 radical (unpaired) electrons. The lowest BCUT2D eigenvalue weighted by molar-refractivity contribution is -0.156. The Morgan fingerprint density at radius 3 is 2.33 bits per heavy atom. The van der Waals surface area contributed by atoms with Crippen molar-refractivity contribution in [2.75, 3.05) is 32.6 Å². The molecule has 0 spiro atoms. The number of amides is 2. The van der Waals surface area contributed by atoms with Crippen LogP contribution in [0.4, 0.5) is 5.69 Å². The highest BCUT2D eigenvalue weighted by molar-refractivity contribution is 6.09. The molecule has 2 saturated heterocycles. The Kier molecular flexibility index (Phi) is 4.99. The molecule has 1 aromatic rings. The third-order valence-electron chi connectivity index (χ3n) is 5.84. The van der Waals surface area contributed by atoms with Crippen LogP contribution in [0.1, 0.15) is 31.9 Å². The zero-order valence-corrected chi connectivity index (χ0v) is 16.5. The van der Waals surface area contributed by atoms with Crippen molar-refractivity contribution in [2.24, 2.45) is 11.8 Å². The third kappa shape index (κ3) is 2.81. The maximum atomic E-state index is 12.9. The number of benzene rings is 1. The molecular formula is C20H27N3O4. The maximum absolute atomic E-state index is 12.9. The fourth-order valence-electron chi connectivity index (χ4n) is 4.33. The SMILES string of the molecule is CCOC(=O)[C@]1(CC)N[C@H](c2ccc(N(C)C)cc2)[C@H]2C(=O)N(C)C(=O)[C@H]21. The number of anilines is 1. The molecule has 4 atom stereocenters. The zero-order chi connectivity index (χ0) is 19.9. The molecule has 2 aliphatic rings. The highest BCUT2D eigenvalue weighted by Crippen LogP contribution is 2.50. The number of likely N-dealkylation sites (tertiary alicyclic amines) is 1. The number of carbonyl (C=O) groups excluding carboxylic acids is 3. The van der Waals surface area contributed by atoms with E-state index >= 15 is 0 Å². The van der Waals surface area contributed by atoms with E-state index in [1.165, 1.54) is 7.05 Å². The van der Waals surface area contributed by atoms with Crippen molar-refractivity contribution in [1.29, 1.82) is 0 Å². The minimum atomic E-state index is -1.19. The number of hydrogen-bond acceptors (Lipinski definition) is 6. The van der Waals surface area contributed by atoms with Gasteiger partial charge in [-0.3, -0.25) is 24.6 Å². The van der Waals surface area contributed by atoms with Gasteiger partial charge in [0.15, 0.2) is 0 Å². The van der Waals surface area contributed by atoms with Crippen molar-refractivity contribution in [1.82, 2.24) is 10.2 Å². The largest absolute Gasteiger partial charge is 0.465 e. The van der Waals surface area contributed by atoms with Gasteiger partial charge in [0.1, 0.15) is 5.54 Å². The van der Waals surface area contributed by atoms with Gasteiger partial charge < -0.3 is 9.64 Å². The van der Waals surface area contributed by atoms with Crippen molar-refractivity contribution < 1.29 is 19.1 Å². The van der Waals surface area contributed by atoms with Crippen LogP contribution in [0.25, 0.3) is 0 Å². The summed E-state index contributed by atoms with van der Waals surface area (Å²) in [5.74, 6) is -2.40. The molecule has 2 fully saturated rings. The van der Waals surface area contributed by atoms with Crippen LogP contribution in [0.5, 0.6) is 0 Å². The first kappa shape index (κ1) is 19.4. The van der Waals surface area contributed by atoms with Crippen molar-refractivity contribution in [3.63, 3.8) is 0 Å². The van der Waals surface area contributed by atoms with E-state index in [1.807, 2.05) is 50.2 Å². The summed E-state index contributed by atoms with van der Waals surface area (Å²) in [6.45, 7) is 3.80.